The Hall–Kier alpha value is -2.97. The molecule has 1 aromatic heterocycles. The van der Waals surface area contributed by atoms with Gasteiger partial charge in [0.05, 0.1) is 19.4 Å². The molecule has 1 aliphatic rings. The molecule has 0 saturated carbocycles. The fourth-order valence-corrected chi connectivity index (χ4v) is 3.82. The number of fused-ring (bicyclic) bond motifs is 1. The zero-order valence-corrected chi connectivity index (χ0v) is 17.8. The summed E-state index contributed by atoms with van der Waals surface area (Å²) in [6, 6.07) is 14.9. The second-order valence-corrected chi connectivity index (χ2v) is 7.85. The first kappa shape index (κ1) is 20.3. The van der Waals surface area contributed by atoms with Crippen molar-refractivity contribution >= 4 is 44.9 Å². The number of nitrogens with one attached hydrogen (secondary N) is 1. The van der Waals surface area contributed by atoms with Crippen molar-refractivity contribution in [2.24, 2.45) is 5.10 Å². The number of benzene rings is 2. The van der Waals surface area contributed by atoms with Crippen LogP contribution in [0.15, 0.2) is 64.3 Å². The van der Waals surface area contributed by atoms with E-state index in [4.69, 9.17) is 4.74 Å². The summed E-state index contributed by atoms with van der Waals surface area (Å²) in [7, 11) is 0. The van der Waals surface area contributed by atoms with Crippen molar-refractivity contribution in [3.05, 3.63) is 70.3 Å². The normalized spacial score (nSPS) is 14.4. The van der Waals surface area contributed by atoms with E-state index in [9.17, 15) is 9.59 Å². The molecule has 7 nitrogen and oxygen atoms in total. The molecule has 2 amide bonds. The molecule has 1 N–H and O–H groups in total. The van der Waals surface area contributed by atoms with Crippen molar-refractivity contribution in [2.75, 3.05) is 26.3 Å². The fraction of sp³-hybridized carbons (Fsp3) is 0.227. The number of carbonyl (C=O) groups excluding carboxylic acids is 2. The van der Waals surface area contributed by atoms with Gasteiger partial charge in [-0.05, 0) is 24.3 Å². The van der Waals surface area contributed by atoms with E-state index < -0.39 is 0 Å². The number of hydrazone groups is 1. The average Bonchev–Trinajstić information content (AvgIpc) is 3.12. The Bertz CT molecular complexity index is 1100. The number of halogens is 1. The summed E-state index contributed by atoms with van der Waals surface area (Å²) in [4.78, 5) is 26.8. The van der Waals surface area contributed by atoms with Gasteiger partial charge < -0.3 is 14.2 Å². The molecule has 0 spiro atoms. The van der Waals surface area contributed by atoms with Crippen LogP contribution in [0.4, 0.5) is 0 Å². The molecule has 2 aromatic carbocycles. The van der Waals surface area contributed by atoms with E-state index in [1.54, 1.807) is 24.4 Å². The molecule has 1 aliphatic heterocycles. The lowest BCUT2D eigenvalue weighted by Crippen LogP contribution is -2.42. The van der Waals surface area contributed by atoms with Gasteiger partial charge in [-0.2, -0.15) is 5.10 Å². The lowest BCUT2D eigenvalue weighted by atomic mass is 10.2. The van der Waals surface area contributed by atoms with E-state index in [2.05, 4.69) is 26.5 Å². The largest absolute Gasteiger partial charge is 0.378 e. The van der Waals surface area contributed by atoms with Crippen LogP contribution in [0.1, 0.15) is 15.9 Å². The maximum absolute atomic E-state index is 12.7. The van der Waals surface area contributed by atoms with Crippen molar-refractivity contribution in [3.63, 3.8) is 0 Å². The number of aromatic nitrogens is 1. The summed E-state index contributed by atoms with van der Waals surface area (Å²) >= 11 is 3.35. The van der Waals surface area contributed by atoms with Gasteiger partial charge in [-0.15, -0.1) is 0 Å². The maximum Gasteiger partial charge on any atom is 0.271 e. The summed E-state index contributed by atoms with van der Waals surface area (Å²) in [5.74, 6) is -0.232. The first-order chi connectivity index (χ1) is 14.6. The number of amides is 2. The molecule has 1 saturated heterocycles. The zero-order valence-electron chi connectivity index (χ0n) is 16.3. The Labute approximate surface area is 182 Å². The quantitative estimate of drug-likeness (QED) is 0.461. The Morgan fingerprint density at radius 3 is 2.73 bits per heavy atom. The minimum atomic E-state index is -0.293. The van der Waals surface area contributed by atoms with Gasteiger partial charge in [-0.1, -0.05) is 40.2 Å². The smallest absolute Gasteiger partial charge is 0.271 e. The van der Waals surface area contributed by atoms with E-state index >= 15 is 0 Å². The van der Waals surface area contributed by atoms with Crippen LogP contribution in [0.5, 0.6) is 0 Å². The zero-order chi connectivity index (χ0) is 20.9. The van der Waals surface area contributed by atoms with Gasteiger partial charge in [0.15, 0.2) is 0 Å². The molecule has 0 bridgehead atoms. The van der Waals surface area contributed by atoms with Crippen molar-refractivity contribution in [1.82, 2.24) is 14.9 Å². The molecule has 154 valence electrons. The van der Waals surface area contributed by atoms with Crippen LogP contribution in [-0.2, 0) is 16.1 Å². The molecule has 30 heavy (non-hydrogen) atoms. The van der Waals surface area contributed by atoms with Gasteiger partial charge in [0, 0.05) is 45.8 Å². The van der Waals surface area contributed by atoms with E-state index in [1.165, 1.54) is 0 Å². The summed E-state index contributed by atoms with van der Waals surface area (Å²) in [5, 5.41) is 5.08. The van der Waals surface area contributed by atoms with Gasteiger partial charge in [0.1, 0.15) is 6.54 Å². The summed E-state index contributed by atoms with van der Waals surface area (Å²) in [5.41, 5.74) is 4.84. The molecule has 8 heteroatoms. The predicted octanol–water partition coefficient (Wildman–Crippen LogP) is 3.03. The SMILES string of the molecule is O=C(N/N=C\c1cn(CC(=O)N2CCOCC2)c2ccccc12)c1cccc(Br)c1. The van der Waals surface area contributed by atoms with Gasteiger partial charge in [0.25, 0.3) is 5.91 Å². The monoisotopic (exact) mass is 468 g/mol. The molecule has 0 aliphatic carbocycles. The first-order valence-corrected chi connectivity index (χ1v) is 10.4. The third kappa shape index (κ3) is 4.60. The molecule has 0 unspecified atom stereocenters. The number of morpholine rings is 1. The lowest BCUT2D eigenvalue weighted by Gasteiger charge is -2.27. The lowest BCUT2D eigenvalue weighted by molar-refractivity contribution is -0.135. The van der Waals surface area contributed by atoms with Crippen molar-refractivity contribution < 1.29 is 14.3 Å². The van der Waals surface area contributed by atoms with E-state index in [1.807, 2.05) is 46.0 Å². The van der Waals surface area contributed by atoms with Crippen LogP contribution >= 0.6 is 15.9 Å². The second kappa shape index (κ2) is 9.23. The Balaban J connectivity index is 1.51. The Morgan fingerprint density at radius 2 is 1.93 bits per heavy atom. The van der Waals surface area contributed by atoms with Crippen molar-refractivity contribution in [2.45, 2.75) is 6.54 Å². The van der Waals surface area contributed by atoms with Crippen LogP contribution in [0, 0.1) is 0 Å². The summed E-state index contributed by atoms with van der Waals surface area (Å²) < 4.78 is 8.07. The van der Waals surface area contributed by atoms with Gasteiger partial charge >= 0.3 is 0 Å². The average molecular weight is 469 g/mol. The highest BCUT2D eigenvalue weighted by Gasteiger charge is 2.18. The molecule has 4 rings (SSSR count). The number of ether oxygens (including phenoxy) is 1. The molecule has 3 aromatic rings. The predicted molar refractivity (Wildman–Crippen MR) is 119 cm³/mol. The number of rotatable bonds is 5. The Morgan fingerprint density at radius 1 is 1.13 bits per heavy atom. The van der Waals surface area contributed by atoms with E-state index in [-0.39, 0.29) is 18.4 Å². The van der Waals surface area contributed by atoms with Crippen molar-refractivity contribution in [1.29, 1.82) is 0 Å². The van der Waals surface area contributed by atoms with Gasteiger partial charge in [-0.25, -0.2) is 5.43 Å². The fourth-order valence-electron chi connectivity index (χ4n) is 3.42. The summed E-state index contributed by atoms with van der Waals surface area (Å²) in [6.07, 6.45) is 3.49. The minimum Gasteiger partial charge on any atom is -0.378 e. The highest BCUT2D eigenvalue weighted by Crippen LogP contribution is 2.20. The topological polar surface area (TPSA) is 75.9 Å². The highest BCUT2D eigenvalue weighted by molar-refractivity contribution is 9.10. The number of para-hydroxylation sites is 1. The number of hydrogen-bond donors (Lipinski definition) is 1. The van der Waals surface area contributed by atoms with Crippen LogP contribution < -0.4 is 5.43 Å². The number of nitrogens with zero attached hydrogens (tertiary/aromatic N) is 3. The molecular formula is C22H21BrN4O3. The second-order valence-electron chi connectivity index (χ2n) is 6.93. The standard InChI is InChI=1S/C22H21BrN4O3/c23-18-5-3-4-16(12-18)22(29)25-24-13-17-14-27(20-7-2-1-6-19(17)20)15-21(28)26-8-10-30-11-9-26/h1-7,12-14H,8-11,15H2,(H,25,29)/b24-13-. The van der Waals surface area contributed by atoms with Crippen LogP contribution in [0.2, 0.25) is 0 Å². The highest BCUT2D eigenvalue weighted by atomic mass is 79.9. The van der Waals surface area contributed by atoms with Crippen molar-refractivity contribution in [3.8, 4) is 0 Å². The molecular weight excluding hydrogens is 448 g/mol. The first-order valence-electron chi connectivity index (χ1n) is 9.64. The molecule has 1 fully saturated rings. The van der Waals surface area contributed by atoms with E-state index in [0.29, 0.717) is 31.9 Å². The third-order valence-corrected chi connectivity index (χ3v) is 5.44. The summed E-state index contributed by atoms with van der Waals surface area (Å²) in [6.45, 7) is 2.64. The molecule has 0 radical (unpaired) electrons. The minimum absolute atomic E-state index is 0.0606. The number of hydrogen-bond acceptors (Lipinski definition) is 4. The van der Waals surface area contributed by atoms with Crippen LogP contribution in [-0.4, -0.2) is 53.8 Å². The molecule has 2 heterocycles. The van der Waals surface area contributed by atoms with E-state index in [0.717, 1.165) is 20.9 Å². The van der Waals surface area contributed by atoms with Gasteiger partial charge in [-0.3, -0.25) is 9.59 Å². The number of carbonyl (C=O) groups is 2. The van der Waals surface area contributed by atoms with Crippen LogP contribution in [0.25, 0.3) is 10.9 Å². The molecule has 0 atom stereocenters. The van der Waals surface area contributed by atoms with Crippen LogP contribution in [0.3, 0.4) is 0 Å². The third-order valence-electron chi connectivity index (χ3n) is 4.95. The van der Waals surface area contributed by atoms with Gasteiger partial charge in [0.2, 0.25) is 5.91 Å². The Kier molecular flexibility index (Phi) is 6.25. The maximum atomic E-state index is 12.7.